The van der Waals surface area contributed by atoms with Gasteiger partial charge < -0.3 is 24.6 Å². The van der Waals surface area contributed by atoms with Crippen LogP contribution in [0.2, 0.25) is 0 Å². The van der Waals surface area contributed by atoms with Crippen LogP contribution in [-0.4, -0.2) is 52.9 Å². The SMILES string of the molecule is COc1ccc(NC(=O)C[NH+]2CCN(c3cccc(C(F)(F)F)c3)CC2)cc1OC. The molecule has 0 saturated carbocycles. The van der Waals surface area contributed by atoms with E-state index in [0.717, 1.165) is 11.0 Å². The number of ether oxygens (including phenoxy) is 2. The maximum Gasteiger partial charge on any atom is 0.416 e. The third-order valence-corrected chi connectivity index (χ3v) is 5.09. The molecule has 2 aromatic rings. The van der Waals surface area contributed by atoms with Gasteiger partial charge in [-0.3, -0.25) is 4.79 Å². The summed E-state index contributed by atoms with van der Waals surface area (Å²) in [6.07, 6.45) is -4.36. The Morgan fingerprint density at radius 1 is 1.07 bits per heavy atom. The number of hydrogen-bond acceptors (Lipinski definition) is 4. The van der Waals surface area contributed by atoms with Crippen LogP contribution in [0.3, 0.4) is 0 Å². The lowest BCUT2D eigenvalue weighted by Gasteiger charge is -2.33. The van der Waals surface area contributed by atoms with Crippen LogP contribution in [-0.2, 0) is 11.0 Å². The number of carbonyl (C=O) groups excluding carboxylic acids is 1. The van der Waals surface area contributed by atoms with Gasteiger partial charge in [-0.05, 0) is 30.3 Å². The van der Waals surface area contributed by atoms with Crippen molar-refractivity contribution in [1.82, 2.24) is 0 Å². The van der Waals surface area contributed by atoms with Crippen LogP contribution in [0.15, 0.2) is 42.5 Å². The summed E-state index contributed by atoms with van der Waals surface area (Å²) >= 11 is 0. The number of nitrogens with zero attached hydrogens (tertiary/aromatic N) is 1. The molecule has 0 atom stereocenters. The maximum absolute atomic E-state index is 12.9. The van der Waals surface area contributed by atoms with Gasteiger partial charge >= 0.3 is 6.18 Å². The van der Waals surface area contributed by atoms with E-state index in [0.29, 0.717) is 49.1 Å². The van der Waals surface area contributed by atoms with E-state index in [-0.39, 0.29) is 12.5 Å². The topological polar surface area (TPSA) is 55.2 Å². The number of anilines is 2. The molecule has 0 aromatic heterocycles. The Hall–Kier alpha value is -2.94. The molecule has 0 unspecified atom stereocenters. The zero-order valence-corrected chi connectivity index (χ0v) is 16.9. The molecule has 1 aliphatic rings. The summed E-state index contributed by atoms with van der Waals surface area (Å²) in [5.41, 5.74) is 0.516. The largest absolute Gasteiger partial charge is 0.493 e. The van der Waals surface area contributed by atoms with Crippen molar-refractivity contribution in [3.8, 4) is 11.5 Å². The van der Waals surface area contributed by atoms with Gasteiger partial charge in [0.15, 0.2) is 18.0 Å². The summed E-state index contributed by atoms with van der Waals surface area (Å²) in [5, 5.41) is 2.85. The molecule has 1 fully saturated rings. The molecule has 1 heterocycles. The molecule has 6 nitrogen and oxygen atoms in total. The van der Waals surface area contributed by atoms with Crippen LogP contribution in [0.4, 0.5) is 24.5 Å². The average molecular weight is 424 g/mol. The minimum atomic E-state index is -4.36. The van der Waals surface area contributed by atoms with Gasteiger partial charge in [0.05, 0.1) is 46.0 Å². The first kappa shape index (κ1) is 21.8. The lowest BCUT2D eigenvalue weighted by atomic mass is 10.1. The minimum absolute atomic E-state index is 0.135. The molecule has 0 spiro atoms. The highest BCUT2D eigenvalue weighted by Crippen LogP contribution is 2.32. The Kier molecular flexibility index (Phi) is 6.71. The molecular formula is C21H25F3N3O3+. The van der Waals surface area contributed by atoms with Crippen LogP contribution in [0.5, 0.6) is 11.5 Å². The predicted octanol–water partition coefficient (Wildman–Crippen LogP) is 2.07. The fraction of sp³-hybridized carbons (Fsp3) is 0.381. The second-order valence-electron chi connectivity index (χ2n) is 7.08. The van der Waals surface area contributed by atoms with E-state index >= 15 is 0 Å². The van der Waals surface area contributed by atoms with Crippen LogP contribution in [0.25, 0.3) is 0 Å². The Labute approximate surface area is 173 Å². The number of rotatable bonds is 6. The van der Waals surface area contributed by atoms with Gasteiger partial charge in [-0.2, -0.15) is 13.2 Å². The minimum Gasteiger partial charge on any atom is -0.493 e. The van der Waals surface area contributed by atoms with E-state index in [1.165, 1.54) is 19.2 Å². The molecular weight excluding hydrogens is 399 g/mol. The fourth-order valence-corrected chi connectivity index (χ4v) is 3.48. The number of carbonyl (C=O) groups is 1. The van der Waals surface area contributed by atoms with E-state index in [9.17, 15) is 18.0 Å². The molecule has 1 saturated heterocycles. The van der Waals surface area contributed by atoms with Gasteiger partial charge in [0.1, 0.15) is 0 Å². The Bertz CT molecular complexity index is 881. The van der Waals surface area contributed by atoms with Crippen molar-refractivity contribution in [3.05, 3.63) is 48.0 Å². The van der Waals surface area contributed by atoms with Crippen molar-refractivity contribution in [2.75, 3.05) is 57.2 Å². The third-order valence-electron chi connectivity index (χ3n) is 5.09. The summed E-state index contributed by atoms with van der Waals surface area (Å²) in [4.78, 5) is 15.4. The number of methoxy groups -OCH3 is 2. The molecule has 162 valence electrons. The zero-order chi connectivity index (χ0) is 21.7. The van der Waals surface area contributed by atoms with E-state index in [1.54, 1.807) is 31.4 Å². The van der Waals surface area contributed by atoms with Crippen molar-refractivity contribution < 1.29 is 32.3 Å². The molecule has 2 aromatic carbocycles. The predicted molar refractivity (Wildman–Crippen MR) is 107 cm³/mol. The smallest absolute Gasteiger partial charge is 0.416 e. The van der Waals surface area contributed by atoms with Crippen LogP contribution < -0.4 is 24.6 Å². The summed E-state index contributed by atoms with van der Waals surface area (Å²) in [7, 11) is 3.07. The first-order chi connectivity index (χ1) is 14.3. The Morgan fingerprint density at radius 3 is 2.40 bits per heavy atom. The highest BCUT2D eigenvalue weighted by atomic mass is 19.4. The van der Waals surface area contributed by atoms with Crippen molar-refractivity contribution in [1.29, 1.82) is 0 Å². The molecule has 9 heteroatoms. The Morgan fingerprint density at radius 2 is 1.77 bits per heavy atom. The van der Waals surface area contributed by atoms with Crippen LogP contribution in [0, 0.1) is 0 Å². The highest BCUT2D eigenvalue weighted by molar-refractivity contribution is 5.91. The van der Waals surface area contributed by atoms with Gasteiger partial charge in [-0.25, -0.2) is 0 Å². The number of quaternary nitrogens is 1. The standard InChI is InChI=1S/C21H24F3N3O3/c1-29-18-7-6-16(13-19(18)30-2)25-20(28)14-26-8-10-27(11-9-26)17-5-3-4-15(12-17)21(22,23)24/h3-7,12-13H,8-11,14H2,1-2H3,(H,25,28)/p+1. The van der Waals surface area contributed by atoms with Gasteiger partial charge in [0, 0.05) is 17.4 Å². The fourth-order valence-electron chi connectivity index (χ4n) is 3.48. The molecule has 0 radical (unpaired) electrons. The van der Waals surface area contributed by atoms with E-state index in [2.05, 4.69) is 5.32 Å². The molecule has 1 amide bonds. The molecule has 2 N–H and O–H groups in total. The number of nitrogens with one attached hydrogen (secondary N) is 2. The number of amides is 1. The zero-order valence-electron chi connectivity index (χ0n) is 16.9. The summed E-state index contributed by atoms with van der Waals surface area (Å²) < 4.78 is 49.2. The summed E-state index contributed by atoms with van der Waals surface area (Å²) in [5.74, 6) is 0.967. The number of alkyl halides is 3. The number of halogens is 3. The van der Waals surface area contributed by atoms with E-state index in [4.69, 9.17) is 9.47 Å². The molecule has 1 aliphatic heterocycles. The number of benzene rings is 2. The van der Waals surface area contributed by atoms with Crippen LogP contribution in [0.1, 0.15) is 5.56 Å². The van der Waals surface area contributed by atoms with Crippen molar-refractivity contribution in [2.45, 2.75) is 6.18 Å². The van der Waals surface area contributed by atoms with Crippen molar-refractivity contribution in [3.63, 3.8) is 0 Å². The quantitative estimate of drug-likeness (QED) is 0.746. The number of hydrogen-bond donors (Lipinski definition) is 2. The van der Waals surface area contributed by atoms with Crippen molar-refractivity contribution in [2.24, 2.45) is 0 Å². The Balaban J connectivity index is 1.53. The average Bonchev–Trinajstić information content (AvgIpc) is 2.73. The molecule has 3 rings (SSSR count). The second-order valence-corrected chi connectivity index (χ2v) is 7.08. The van der Waals surface area contributed by atoms with Gasteiger partial charge in [0.25, 0.3) is 5.91 Å². The van der Waals surface area contributed by atoms with E-state index < -0.39 is 11.7 Å². The first-order valence-corrected chi connectivity index (χ1v) is 9.58. The first-order valence-electron chi connectivity index (χ1n) is 9.58. The summed E-state index contributed by atoms with van der Waals surface area (Å²) in [6, 6.07) is 10.5. The second kappa shape index (κ2) is 9.25. The lowest BCUT2D eigenvalue weighted by Crippen LogP contribution is -3.15. The lowest BCUT2D eigenvalue weighted by molar-refractivity contribution is -0.892. The van der Waals surface area contributed by atoms with Crippen LogP contribution >= 0.6 is 0 Å². The van der Waals surface area contributed by atoms with Gasteiger partial charge in [-0.15, -0.1) is 0 Å². The van der Waals surface area contributed by atoms with Crippen molar-refractivity contribution >= 4 is 17.3 Å². The molecule has 0 bridgehead atoms. The van der Waals surface area contributed by atoms with Gasteiger partial charge in [-0.1, -0.05) is 6.07 Å². The van der Waals surface area contributed by atoms with Gasteiger partial charge in [0.2, 0.25) is 0 Å². The monoisotopic (exact) mass is 424 g/mol. The van der Waals surface area contributed by atoms with E-state index in [1.807, 2.05) is 4.90 Å². The third kappa shape index (κ3) is 5.35. The molecule has 30 heavy (non-hydrogen) atoms. The normalized spacial score (nSPS) is 15.0. The summed E-state index contributed by atoms with van der Waals surface area (Å²) in [6.45, 7) is 2.77. The number of piperazine rings is 1. The molecule has 0 aliphatic carbocycles. The highest BCUT2D eigenvalue weighted by Gasteiger charge is 2.31. The maximum atomic E-state index is 12.9.